The Balaban J connectivity index is 1.59. The van der Waals surface area contributed by atoms with Crippen LogP contribution in [0.1, 0.15) is 23.6 Å². The third-order valence-electron chi connectivity index (χ3n) is 4.18. The van der Waals surface area contributed by atoms with Gasteiger partial charge in [0.2, 0.25) is 5.91 Å². The highest BCUT2D eigenvalue weighted by Crippen LogP contribution is 2.36. The standard InChI is InChI=1S/C22H21NO3/c1-2-26-22(25)15-23-21(24)10-6-3-7-16-11-12-18-14-17-8-4-5-9-19(17)20(18)13-16/h3-13H,2,14-15H2,1H3,(H,23,24)/b7-3+,10-6+. The van der Waals surface area contributed by atoms with Crippen molar-refractivity contribution in [2.75, 3.05) is 13.2 Å². The van der Waals surface area contributed by atoms with Gasteiger partial charge < -0.3 is 10.1 Å². The molecule has 0 spiro atoms. The molecule has 132 valence electrons. The molecule has 1 aliphatic rings. The zero-order valence-corrected chi connectivity index (χ0v) is 14.7. The molecule has 0 bridgehead atoms. The summed E-state index contributed by atoms with van der Waals surface area (Å²) in [7, 11) is 0. The molecule has 0 heterocycles. The molecule has 0 saturated heterocycles. The number of amides is 1. The average Bonchev–Trinajstić information content (AvgIpc) is 3.02. The summed E-state index contributed by atoms with van der Waals surface area (Å²) in [5, 5.41) is 2.48. The molecule has 1 aliphatic carbocycles. The van der Waals surface area contributed by atoms with E-state index in [4.69, 9.17) is 4.74 Å². The zero-order chi connectivity index (χ0) is 18.4. The molecule has 0 fully saturated rings. The highest BCUT2D eigenvalue weighted by atomic mass is 16.5. The van der Waals surface area contributed by atoms with Crippen LogP contribution in [0.2, 0.25) is 0 Å². The van der Waals surface area contributed by atoms with Crippen LogP contribution in [0.5, 0.6) is 0 Å². The molecule has 4 nitrogen and oxygen atoms in total. The second-order valence-electron chi connectivity index (χ2n) is 5.99. The predicted molar refractivity (Wildman–Crippen MR) is 103 cm³/mol. The average molecular weight is 347 g/mol. The molecule has 2 aromatic rings. The van der Waals surface area contributed by atoms with Crippen LogP contribution < -0.4 is 5.32 Å². The minimum absolute atomic E-state index is 0.120. The lowest BCUT2D eigenvalue weighted by molar-refractivity contribution is -0.143. The van der Waals surface area contributed by atoms with Crippen LogP contribution >= 0.6 is 0 Å². The topological polar surface area (TPSA) is 55.4 Å². The highest BCUT2D eigenvalue weighted by Gasteiger charge is 2.17. The number of ether oxygens (including phenoxy) is 1. The van der Waals surface area contributed by atoms with E-state index in [9.17, 15) is 9.59 Å². The number of hydrogen-bond acceptors (Lipinski definition) is 3. The fraction of sp³-hybridized carbons (Fsp3) is 0.182. The number of carbonyl (C=O) groups is 2. The lowest BCUT2D eigenvalue weighted by Crippen LogP contribution is -2.29. The maximum Gasteiger partial charge on any atom is 0.325 e. The van der Waals surface area contributed by atoms with Gasteiger partial charge in [-0.1, -0.05) is 54.6 Å². The number of nitrogens with one attached hydrogen (secondary N) is 1. The van der Waals surface area contributed by atoms with Crippen molar-refractivity contribution in [2.24, 2.45) is 0 Å². The molecule has 0 unspecified atom stereocenters. The molecule has 4 heteroatoms. The van der Waals surface area contributed by atoms with Gasteiger partial charge in [0.1, 0.15) is 6.54 Å². The molecule has 0 aromatic heterocycles. The summed E-state index contributed by atoms with van der Waals surface area (Å²) in [6, 6.07) is 14.9. The molecular weight excluding hydrogens is 326 g/mol. The van der Waals surface area contributed by atoms with Crippen molar-refractivity contribution in [2.45, 2.75) is 13.3 Å². The van der Waals surface area contributed by atoms with E-state index in [0.717, 1.165) is 12.0 Å². The zero-order valence-electron chi connectivity index (χ0n) is 14.7. The van der Waals surface area contributed by atoms with Crippen LogP contribution in [0.4, 0.5) is 0 Å². The van der Waals surface area contributed by atoms with Gasteiger partial charge in [0.15, 0.2) is 0 Å². The van der Waals surface area contributed by atoms with E-state index in [-0.39, 0.29) is 12.5 Å². The first kappa shape index (κ1) is 17.7. The van der Waals surface area contributed by atoms with Crippen molar-refractivity contribution in [3.05, 3.63) is 77.4 Å². The van der Waals surface area contributed by atoms with Crippen molar-refractivity contribution in [1.82, 2.24) is 5.32 Å². The lowest BCUT2D eigenvalue weighted by Gasteiger charge is -2.02. The Labute approximate surface area is 153 Å². The van der Waals surface area contributed by atoms with E-state index in [1.165, 1.54) is 28.3 Å². The van der Waals surface area contributed by atoms with Crippen LogP contribution in [-0.4, -0.2) is 25.0 Å². The Morgan fingerprint density at radius 3 is 2.73 bits per heavy atom. The molecule has 26 heavy (non-hydrogen) atoms. The molecular formula is C22H21NO3. The molecule has 2 aromatic carbocycles. The summed E-state index contributed by atoms with van der Waals surface area (Å²) < 4.78 is 4.75. The molecule has 0 saturated carbocycles. The van der Waals surface area contributed by atoms with Crippen molar-refractivity contribution in [3.63, 3.8) is 0 Å². The maximum atomic E-state index is 11.6. The van der Waals surface area contributed by atoms with Crippen LogP contribution in [0.25, 0.3) is 17.2 Å². The summed E-state index contributed by atoms with van der Waals surface area (Å²) in [6.45, 7) is 1.91. The molecule has 1 N–H and O–H groups in total. The Morgan fingerprint density at radius 1 is 1.08 bits per heavy atom. The van der Waals surface area contributed by atoms with Crippen LogP contribution in [0, 0.1) is 0 Å². The van der Waals surface area contributed by atoms with Gasteiger partial charge >= 0.3 is 5.97 Å². The van der Waals surface area contributed by atoms with Crippen LogP contribution in [0.3, 0.4) is 0 Å². The van der Waals surface area contributed by atoms with Gasteiger partial charge in [-0.05, 0) is 47.2 Å². The summed E-state index contributed by atoms with van der Waals surface area (Å²) in [4.78, 5) is 22.8. The smallest absolute Gasteiger partial charge is 0.325 e. The molecule has 1 amide bonds. The van der Waals surface area contributed by atoms with Crippen molar-refractivity contribution in [1.29, 1.82) is 0 Å². The number of benzene rings is 2. The normalized spacial score (nSPS) is 12.2. The van der Waals surface area contributed by atoms with Crippen molar-refractivity contribution < 1.29 is 14.3 Å². The maximum absolute atomic E-state index is 11.6. The first-order valence-corrected chi connectivity index (χ1v) is 8.67. The summed E-state index contributed by atoms with van der Waals surface area (Å²) in [5.41, 5.74) is 6.36. The van der Waals surface area contributed by atoms with Crippen LogP contribution in [-0.2, 0) is 20.7 Å². The number of allylic oxidation sites excluding steroid dienone is 2. The lowest BCUT2D eigenvalue weighted by atomic mass is 10.0. The fourth-order valence-corrected chi connectivity index (χ4v) is 2.98. The van der Waals surface area contributed by atoms with Gasteiger partial charge in [0, 0.05) is 6.08 Å². The number of fused-ring (bicyclic) bond motifs is 3. The number of esters is 1. The van der Waals surface area contributed by atoms with Gasteiger partial charge in [-0.25, -0.2) is 0 Å². The molecule has 3 rings (SSSR count). The number of hydrogen-bond donors (Lipinski definition) is 1. The minimum Gasteiger partial charge on any atom is -0.465 e. The second kappa shape index (κ2) is 8.30. The van der Waals surface area contributed by atoms with E-state index in [0.29, 0.717) is 6.61 Å². The second-order valence-corrected chi connectivity index (χ2v) is 5.99. The summed E-state index contributed by atoms with van der Waals surface area (Å²) in [6.07, 6.45) is 7.79. The number of rotatable bonds is 6. The molecule has 0 radical (unpaired) electrons. The SMILES string of the molecule is CCOC(=O)CNC(=O)/C=C/C=C/c1ccc2c(c1)-c1ccccc1C2. The fourth-order valence-electron chi connectivity index (χ4n) is 2.98. The quantitative estimate of drug-likeness (QED) is 0.422. The monoisotopic (exact) mass is 347 g/mol. The predicted octanol–water partition coefficient (Wildman–Crippen LogP) is 3.51. The van der Waals surface area contributed by atoms with Gasteiger partial charge in [-0.15, -0.1) is 0 Å². The summed E-state index contributed by atoms with van der Waals surface area (Å²) in [5.74, 6) is -0.770. The van der Waals surface area contributed by atoms with E-state index in [1.807, 2.05) is 12.2 Å². The van der Waals surface area contributed by atoms with Crippen LogP contribution in [0.15, 0.2) is 60.7 Å². The summed E-state index contributed by atoms with van der Waals surface area (Å²) >= 11 is 0. The molecule has 0 atom stereocenters. The highest BCUT2D eigenvalue weighted by molar-refractivity contribution is 5.90. The Bertz CT molecular complexity index is 881. The third-order valence-corrected chi connectivity index (χ3v) is 4.18. The largest absolute Gasteiger partial charge is 0.465 e. The van der Waals surface area contributed by atoms with Gasteiger partial charge in [-0.2, -0.15) is 0 Å². The Hall–Kier alpha value is -3.14. The van der Waals surface area contributed by atoms with E-state index in [2.05, 4.69) is 47.8 Å². The minimum atomic E-state index is -0.441. The Morgan fingerprint density at radius 2 is 1.88 bits per heavy atom. The third kappa shape index (κ3) is 4.28. The first-order chi connectivity index (χ1) is 12.7. The van der Waals surface area contributed by atoms with E-state index >= 15 is 0 Å². The van der Waals surface area contributed by atoms with Crippen molar-refractivity contribution >= 4 is 18.0 Å². The first-order valence-electron chi connectivity index (χ1n) is 8.67. The van der Waals surface area contributed by atoms with Gasteiger partial charge in [0.05, 0.1) is 6.61 Å². The van der Waals surface area contributed by atoms with Gasteiger partial charge in [0.25, 0.3) is 0 Å². The van der Waals surface area contributed by atoms with E-state index < -0.39 is 5.97 Å². The van der Waals surface area contributed by atoms with E-state index in [1.54, 1.807) is 13.0 Å². The molecule has 0 aliphatic heterocycles. The van der Waals surface area contributed by atoms with Gasteiger partial charge in [-0.3, -0.25) is 9.59 Å². The number of carbonyl (C=O) groups excluding carboxylic acids is 2. The van der Waals surface area contributed by atoms with Crippen molar-refractivity contribution in [3.8, 4) is 11.1 Å². The Kier molecular flexibility index (Phi) is 5.64.